The number of unbranched alkanes of at least 4 members (excludes halogenated alkanes) is 4. The number of rotatable bonds is 15. The number of benzene rings is 1. The van der Waals surface area contributed by atoms with Gasteiger partial charge in [-0.3, -0.25) is 9.59 Å². The van der Waals surface area contributed by atoms with Gasteiger partial charge in [-0.2, -0.15) is 0 Å². The zero-order chi connectivity index (χ0) is 23.2. The molecule has 6 heteroatoms. The third-order valence-corrected chi connectivity index (χ3v) is 4.82. The van der Waals surface area contributed by atoms with Crippen LogP contribution in [0.1, 0.15) is 91.3 Å². The molecular formula is C25H42N2O4. The lowest BCUT2D eigenvalue weighted by molar-refractivity contribution is -0.125. The van der Waals surface area contributed by atoms with E-state index in [1.54, 1.807) is 7.11 Å². The largest absolute Gasteiger partial charge is 0.493 e. The second-order valence-electron chi connectivity index (χ2n) is 8.94. The van der Waals surface area contributed by atoms with Crippen LogP contribution >= 0.6 is 0 Å². The maximum absolute atomic E-state index is 12.4. The number of nitrogens with one attached hydrogen (secondary N) is 2. The summed E-state index contributed by atoms with van der Waals surface area (Å²) < 4.78 is 11.4. The van der Waals surface area contributed by atoms with Gasteiger partial charge in [0.2, 0.25) is 11.8 Å². The predicted octanol–water partition coefficient (Wildman–Crippen LogP) is 5.37. The molecule has 31 heavy (non-hydrogen) atoms. The molecular weight excluding hydrogens is 392 g/mol. The Morgan fingerprint density at radius 1 is 0.871 bits per heavy atom. The van der Waals surface area contributed by atoms with Crippen molar-refractivity contribution in [3.8, 4) is 11.5 Å². The average molecular weight is 435 g/mol. The van der Waals surface area contributed by atoms with E-state index >= 15 is 0 Å². The molecule has 0 radical (unpaired) electrons. The van der Waals surface area contributed by atoms with Crippen LogP contribution in [0.3, 0.4) is 0 Å². The fourth-order valence-electron chi connectivity index (χ4n) is 3.25. The summed E-state index contributed by atoms with van der Waals surface area (Å²) in [5.74, 6) is 1.52. The van der Waals surface area contributed by atoms with E-state index in [0.717, 1.165) is 18.4 Å². The van der Waals surface area contributed by atoms with Crippen molar-refractivity contribution in [2.45, 2.75) is 85.7 Å². The molecule has 2 N–H and O–H groups in total. The Kier molecular flexibility index (Phi) is 12.7. The quantitative estimate of drug-likeness (QED) is 0.287. The molecule has 0 spiro atoms. The molecule has 0 aliphatic carbocycles. The van der Waals surface area contributed by atoms with Gasteiger partial charge in [0.25, 0.3) is 0 Å². The van der Waals surface area contributed by atoms with Gasteiger partial charge in [-0.1, -0.05) is 66.4 Å². The number of carbonyl (C=O) groups is 2. The number of ether oxygens (including phenoxy) is 2. The summed E-state index contributed by atoms with van der Waals surface area (Å²) in [4.78, 5) is 24.8. The SMILES string of the molecule is CCCCCCCOc1ccc(C(NC(=O)CC(C)C)NC(=O)CC(C)C)cc1OC. The predicted molar refractivity (Wildman–Crippen MR) is 125 cm³/mol. The first-order valence-corrected chi connectivity index (χ1v) is 11.7. The molecule has 0 aliphatic rings. The van der Waals surface area contributed by atoms with Crippen LogP contribution < -0.4 is 20.1 Å². The molecule has 0 bridgehead atoms. The minimum atomic E-state index is -0.616. The summed E-state index contributed by atoms with van der Waals surface area (Å²) in [5, 5.41) is 5.89. The first-order chi connectivity index (χ1) is 14.8. The van der Waals surface area contributed by atoms with Crippen molar-refractivity contribution in [1.29, 1.82) is 0 Å². The maximum atomic E-state index is 12.4. The van der Waals surface area contributed by atoms with E-state index in [0.29, 0.717) is 30.9 Å². The Labute approximate surface area is 188 Å². The fourth-order valence-corrected chi connectivity index (χ4v) is 3.25. The fraction of sp³-hybridized carbons (Fsp3) is 0.680. The molecule has 6 nitrogen and oxygen atoms in total. The highest BCUT2D eigenvalue weighted by atomic mass is 16.5. The van der Waals surface area contributed by atoms with Crippen LogP contribution in [0.2, 0.25) is 0 Å². The lowest BCUT2D eigenvalue weighted by Gasteiger charge is -2.23. The Morgan fingerprint density at radius 2 is 1.45 bits per heavy atom. The van der Waals surface area contributed by atoms with Gasteiger partial charge in [-0.05, 0) is 36.0 Å². The van der Waals surface area contributed by atoms with E-state index in [4.69, 9.17) is 9.47 Å². The minimum Gasteiger partial charge on any atom is -0.493 e. The van der Waals surface area contributed by atoms with E-state index in [1.165, 1.54) is 19.3 Å². The van der Waals surface area contributed by atoms with Gasteiger partial charge >= 0.3 is 0 Å². The molecule has 176 valence electrons. The van der Waals surface area contributed by atoms with Gasteiger partial charge in [0.05, 0.1) is 13.7 Å². The Balaban J connectivity index is 2.89. The third kappa shape index (κ3) is 11.1. The molecule has 1 aromatic carbocycles. The molecule has 0 heterocycles. The van der Waals surface area contributed by atoms with Crippen LogP contribution in [0, 0.1) is 11.8 Å². The van der Waals surface area contributed by atoms with Crippen molar-refractivity contribution >= 4 is 11.8 Å². The molecule has 2 amide bonds. The van der Waals surface area contributed by atoms with Gasteiger partial charge in [0.1, 0.15) is 6.17 Å². The van der Waals surface area contributed by atoms with Crippen LogP contribution in [-0.2, 0) is 9.59 Å². The first kappa shape index (κ1) is 26.8. The summed E-state index contributed by atoms with van der Waals surface area (Å²) in [7, 11) is 1.59. The standard InChI is InChI=1S/C25H42N2O4/c1-7-8-9-10-11-14-31-21-13-12-20(17-22(21)30-6)25(26-23(28)15-18(2)3)27-24(29)16-19(4)5/h12-13,17-19,25H,7-11,14-16H2,1-6H3,(H,26,28)(H,27,29). The van der Waals surface area contributed by atoms with Crippen molar-refractivity contribution in [3.63, 3.8) is 0 Å². The van der Waals surface area contributed by atoms with Gasteiger partial charge in [0, 0.05) is 12.8 Å². The van der Waals surface area contributed by atoms with Gasteiger partial charge in [-0.15, -0.1) is 0 Å². The topological polar surface area (TPSA) is 76.7 Å². The normalized spacial score (nSPS) is 11.1. The molecule has 0 aliphatic heterocycles. The van der Waals surface area contributed by atoms with Crippen LogP contribution in [0.15, 0.2) is 18.2 Å². The number of carbonyl (C=O) groups excluding carboxylic acids is 2. The lowest BCUT2D eigenvalue weighted by Crippen LogP contribution is -2.41. The van der Waals surface area contributed by atoms with Gasteiger partial charge < -0.3 is 20.1 Å². The molecule has 0 saturated heterocycles. The summed E-state index contributed by atoms with van der Waals surface area (Å²) in [5.41, 5.74) is 0.751. The van der Waals surface area contributed by atoms with E-state index in [2.05, 4.69) is 17.6 Å². The van der Waals surface area contributed by atoms with E-state index < -0.39 is 6.17 Å². The lowest BCUT2D eigenvalue weighted by atomic mass is 10.1. The number of hydrogen-bond acceptors (Lipinski definition) is 4. The molecule has 0 atom stereocenters. The molecule has 0 unspecified atom stereocenters. The monoisotopic (exact) mass is 434 g/mol. The average Bonchev–Trinajstić information content (AvgIpc) is 2.68. The smallest absolute Gasteiger partial charge is 0.222 e. The van der Waals surface area contributed by atoms with Crippen molar-refractivity contribution in [2.75, 3.05) is 13.7 Å². The molecule has 0 fully saturated rings. The van der Waals surface area contributed by atoms with Crippen molar-refractivity contribution in [2.24, 2.45) is 11.8 Å². The van der Waals surface area contributed by atoms with E-state index in [-0.39, 0.29) is 23.7 Å². The molecule has 1 rings (SSSR count). The van der Waals surface area contributed by atoms with Crippen molar-refractivity contribution < 1.29 is 19.1 Å². The van der Waals surface area contributed by atoms with Gasteiger partial charge in [0.15, 0.2) is 11.5 Å². The summed E-state index contributed by atoms with van der Waals surface area (Å²) in [6.07, 6.45) is 6.03. The number of hydrogen-bond donors (Lipinski definition) is 2. The second-order valence-corrected chi connectivity index (χ2v) is 8.94. The number of amides is 2. The zero-order valence-electron chi connectivity index (χ0n) is 20.3. The molecule has 0 aromatic heterocycles. The highest BCUT2D eigenvalue weighted by Crippen LogP contribution is 2.30. The summed E-state index contributed by atoms with van der Waals surface area (Å²) in [6.45, 7) is 10.8. The Morgan fingerprint density at radius 3 is 1.97 bits per heavy atom. The molecule has 1 aromatic rings. The Bertz CT molecular complexity index is 649. The van der Waals surface area contributed by atoms with Crippen LogP contribution in [-0.4, -0.2) is 25.5 Å². The maximum Gasteiger partial charge on any atom is 0.222 e. The van der Waals surface area contributed by atoms with E-state index in [9.17, 15) is 9.59 Å². The van der Waals surface area contributed by atoms with E-state index in [1.807, 2.05) is 45.9 Å². The van der Waals surface area contributed by atoms with Crippen molar-refractivity contribution in [3.05, 3.63) is 23.8 Å². The zero-order valence-corrected chi connectivity index (χ0v) is 20.3. The van der Waals surface area contributed by atoms with Crippen LogP contribution in [0.25, 0.3) is 0 Å². The first-order valence-electron chi connectivity index (χ1n) is 11.7. The highest BCUT2D eigenvalue weighted by Gasteiger charge is 2.20. The van der Waals surface area contributed by atoms with Crippen molar-refractivity contribution in [1.82, 2.24) is 10.6 Å². The van der Waals surface area contributed by atoms with Crippen LogP contribution in [0.4, 0.5) is 0 Å². The Hall–Kier alpha value is -2.24. The highest BCUT2D eigenvalue weighted by molar-refractivity contribution is 5.79. The summed E-state index contributed by atoms with van der Waals surface area (Å²) >= 11 is 0. The molecule has 0 saturated carbocycles. The number of methoxy groups -OCH3 is 1. The third-order valence-electron chi connectivity index (χ3n) is 4.82. The van der Waals surface area contributed by atoms with Crippen LogP contribution in [0.5, 0.6) is 11.5 Å². The minimum absolute atomic E-state index is 0.101. The summed E-state index contributed by atoms with van der Waals surface area (Å²) in [6, 6.07) is 5.53. The van der Waals surface area contributed by atoms with Gasteiger partial charge in [-0.25, -0.2) is 0 Å². The second kappa shape index (κ2) is 14.7.